The number of carbonyl (C=O) groups excluding carboxylic acids is 1. The summed E-state index contributed by atoms with van der Waals surface area (Å²) in [4.78, 5) is 20.9. The van der Waals surface area contributed by atoms with E-state index in [1.165, 1.54) is 17.3 Å². The van der Waals surface area contributed by atoms with Crippen molar-refractivity contribution in [1.82, 2.24) is 9.97 Å². The fourth-order valence-electron chi connectivity index (χ4n) is 1.99. The average Bonchev–Trinajstić information content (AvgIpc) is 2.67. The van der Waals surface area contributed by atoms with Crippen LogP contribution in [0.3, 0.4) is 0 Å². The molecule has 1 aliphatic rings. The van der Waals surface area contributed by atoms with Crippen LogP contribution in [-0.4, -0.2) is 36.6 Å². The molecule has 0 spiro atoms. The van der Waals surface area contributed by atoms with Crippen molar-refractivity contribution in [3.05, 3.63) is 18.1 Å². The van der Waals surface area contributed by atoms with Gasteiger partial charge in [0.15, 0.2) is 11.5 Å². The Morgan fingerprint density at radius 2 is 2.16 bits per heavy atom. The van der Waals surface area contributed by atoms with Crippen LogP contribution in [0.15, 0.2) is 12.4 Å². The molecule has 1 fully saturated rings. The first-order chi connectivity index (χ1) is 8.90. The van der Waals surface area contributed by atoms with Crippen molar-refractivity contribution < 1.29 is 13.2 Å². The quantitative estimate of drug-likeness (QED) is 0.742. The number of hydrogen-bond donors (Lipinski definition) is 0. The van der Waals surface area contributed by atoms with Crippen LogP contribution in [0.4, 0.5) is 5.82 Å². The van der Waals surface area contributed by atoms with Gasteiger partial charge in [-0.25, -0.2) is 18.4 Å². The molecule has 1 unspecified atom stereocenters. The average molecular weight is 301 g/mol. The molecule has 19 heavy (non-hydrogen) atoms. The summed E-state index contributed by atoms with van der Waals surface area (Å²) in [6, 6.07) is 1.84. The number of rotatable bonds is 3. The number of hydrogen-bond acceptors (Lipinski definition) is 6. The van der Waals surface area contributed by atoms with E-state index in [-0.39, 0.29) is 36.1 Å². The van der Waals surface area contributed by atoms with E-state index in [2.05, 4.69) is 9.97 Å². The lowest BCUT2D eigenvalue weighted by Gasteiger charge is -2.15. The number of amides is 1. The van der Waals surface area contributed by atoms with Gasteiger partial charge in [0.1, 0.15) is 6.07 Å². The standard InChI is InChI=1S/C10H9ClN4O3S/c11-19(17,18)6-7-3-9(16)15(5-7)10-8(4-12)13-1-2-14-10/h1-2,7H,3,5-6H2. The van der Waals surface area contributed by atoms with Gasteiger partial charge in [0, 0.05) is 42.0 Å². The highest BCUT2D eigenvalue weighted by Gasteiger charge is 2.35. The van der Waals surface area contributed by atoms with Crippen LogP contribution in [0.1, 0.15) is 12.1 Å². The molecule has 0 N–H and O–H groups in total. The van der Waals surface area contributed by atoms with E-state index in [0.29, 0.717) is 0 Å². The van der Waals surface area contributed by atoms with Crippen LogP contribution in [0.5, 0.6) is 0 Å². The predicted octanol–water partition coefficient (Wildman–Crippen LogP) is 0.270. The van der Waals surface area contributed by atoms with Crippen molar-refractivity contribution in [3.8, 4) is 6.07 Å². The molecule has 9 heteroatoms. The number of halogens is 1. The Morgan fingerprint density at radius 1 is 1.47 bits per heavy atom. The van der Waals surface area contributed by atoms with Gasteiger partial charge in [-0.2, -0.15) is 5.26 Å². The molecular weight excluding hydrogens is 292 g/mol. The molecule has 1 aromatic heterocycles. The van der Waals surface area contributed by atoms with Gasteiger partial charge in [-0.1, -0.05) is 0 Å². The lowest BCUT2D eigenvalue weighted by atomic mass is 10.1. The molecule has 0 aromatic carbocycles. The largest absolute Gasteiger partial charge is 0.294 e. The molecule has 0 bridgehead atoms. The lowest BCUT2D eigenvalue weighted by Crippen LogP contribution is -2.27. The Hall–Kier alpha value is -1.72. The van der Waals surface area contributed by atoms with Crippen LogP contribution in [0.25, 0.3) is 0 Å². The van der Waals surface area contributed by atoms with Crippen molar-refractivity contribution in [2.75, 3.05) is 17.2 Å². The fourth-order valence-corrected chi connectivity index (χ4v) is 3.31. The van der Waals surface area contributed by atoms with Gasteiger partial charge >= 0.3 is 0 Å². The van der Waals surface area contributed by atoms with Crippen molar-refractivity contribution in [2.45, 2.75) is 6.42 Å². The molecule has 1 atom stereocenters. The molecule has 0 saturated carbocycles. The zero-order valence-corrected chi connectivity index (χ0v) is 11.2. The highest BCUT2D eigenvalue weighted by molar-refractivity contribution is 8.13. The van der Waals surface area contributed by atoms with Gasteiger partial charge < -0.3 is 0 Å². The van der Waals surface area contributed by atoms with E-state index in [4.69, 9.17) is 15.9 Å². The third-order valence-electron chi connectivity index (χ3n) is 2.68. The first-order valence-electron chi connectivity index (χ1n) is 5.34. The zero-order chi connectivity index (χ0) is 14.0. The third-order valence-corrected chi connectivity index (χ3v) is 3.93. The Bertz CT molecular complexity index is 655. The van der Waals surface area contributed by atoms with Crippen molar-refractivity contribution >= 4 is 31.5 Å². The second-order valence-corrected chi connectivity index (χ2v) is 6.94. The summed E-state index contributed by atoms with van der Waals surface area (Å²) in [6.45, 7) is 0.165. The van der Waals surface area contributed by atoms with Gasteiger partial charge in [0.25, 0.3) is 0 Å². The summed E-state index contributed by atoms with van der Waals surface area (Å²) in [5.41, 5.74) is 0.0326. The summed E-state index contributed by atoms with van der Waals surface area (Å²) >= 11 is 0. The number of aromatic nitrogens is 2. The molecule has 2 rings (SSSR count). The minimum atomic E-state index is -3.66. The van der Waals surface area contributed by atoms with E-state index in [0.717, 1.165) is 0 Å². The van der Waals surface area contributed by atoms with Crippen LogP contribution < -0.4 is 4.90 Å². The van der Waals surface area contributed by atoms with Crippen molar-refractivity contribution in [3.63, 3.8) is 0 Å². The van der Waals surface area contributed by atoms with E-state index in [9.17, 15) is 13.2 Å². The van der Waals surface area contributed by atoms with Crippen LogP contribution in [0, 0.1) is 17.2 Å². The summed E-state index contributed by atoms with van der Waals surface area (Å²) in [5, 5.41) is 8.91. The summed E-state index contributed by atoms with van der Waals surface area (Å²) in [6.07, 6.45) is 2.78. The van der Waals surface area contributed by atoms with Gasteiger partial charge in [-0.15, -0.1) is 0 Å². The minimum absolute atomic E-state index is 0.0326. The minimum Gasteiger partial charge on any atom is -0.294 e. The van der Waals surface area contributed by atoms with Gasteiger partial charge in [0.05, 0.1) is 5.75 Å². The maximum atomic E-state index is 11.8. The van der Waals surface area contributed by atoms with Crippen LogP contribution in [0.2, 0.25) is 0 Å². The van der Waals surface area contributed by atoms with Crippen LogP contribution in [-0.2, 0) is 13.8 Å². The van der Waals surface area contributed by atoms with Crippen molar-refractivity contribution in [2.24, 2.45) is 5.92 Å². The smallest absolute Gasteiger partial charge is 0.232 e. The Kier molecular flexibility index (Phi) is 3.68. The van der Waals surface area contributed by atoms with Gasteiger partial charge in [-0.05, 0) is 0 Å². The topological polar surface area (TPSA) is 104 Å². The van der Waals surface area contributed by atoms with E-state index in [1.807, 2.05) is 6.07 Å². The summed E-state index contributed by atoms with van der Waals surface area (Å²) in [5.74, 6) is -0.811. The molecule has 100 valence electrons. The molecule has 1 amide bonds. The van der Waals surface area contributed by atoms with E-state index in [1.54, 1.807) is 0 Å². The molecule has 0 radical (unpaired) electrons. The third kappa shape index (κ3) is 3.19. The molecule has 0 aliphatic carbocycles. The molecule has 1 aromatic rings. The lowest BCUT2D eigenvalue weighted by molar-refractivity contribution is -0.117. The highest BCUT2D eigenvalue weighted by atomic mass is 35.7. The first-order valence-corrected chi connectivity index (χ1v) is 7.82. The number of nitriles is 1. The van der Waals surface area contributed by atoms with E-state index >= 15 is 0 Å². The summed E-state index contributed by atoms with van der Waals surface area (Å²) < 4.78 is 22.0. The normalized spacial score (nSPS) is 19.5. The first kappa shape index (κ1) is 13.7. The number of anilines is 1. The fraction of sp³-hybridized carbons (Fsp3) is 0.400. The van der Waals surface area contributed by atoms with Crippen molar-refractivity contribution in [1.29, 1.82) is 5.26 Å². The maximum Gasteiger partial charge on any atom is 0.232 e. The Labute approximate surface area is 114 Å². The molecule has 2 heterocycles. The number of nitrogens with zero attached hydrogens (tertiary/aromatic N) is 4. The molecule has 1 aliphatic heterocycles. The highest BCUT2D eigenvalue weighted by Crippen LogP contribution is 2.26. The predicted molar refractivity (Wildman–Crippen MR) is 66.8 cm³/mol. The zero-order valence-electron chi connectivity index (χ0n) is 9.65. The van der Waals surface area contributed by atoms with Crippen LogP contribution >= 0.6 is 10.7 Å². The molecule has 7 nitrogen and oxygen atoms in total. The summed E-state index contributed by atoms with van der Waals surface area (Å²) in [7, 11) is 1.52. The molecular formula is C10H9ClN4O3S. The second-order valence-electron chi connectivity index (χ2n) is 4.12. The Morgan fingerprint density at radius 3 is 2.79 bits per heavy atom. The SMILES string of the molecule is N#Cc1nccnc1N1CC(CS(=O)(=O)Cl)CC1=O. The number of carbonyl (C=O) groups is 1. The second kappa shape index (κ2) is 5.11. The Balaban J connectivity index is 2.24. The van der Waals surface area contributed by atoms with Gasteiger partial charge in [-0.3, -0.25) is 9.69 Å². The molecule has 1 saturated heterocycles. The van der Waals surface area contributed by atoms with Gasteiger partial charge in [0.2, 0.25) is 15.0 Å². The maximum absolute atomic E-state index is 11.8. The monoisotopic (exact) mass is 300 g/mol. The van der Waals surface area contributed by atoms with E-state index < -0.39 is 15.0 Å².